The fraction of sp³-hybridized carbons (Fsp3) is 0.333. The number of rotatable bonds is 7. The van der Waals surface area contributed by atoms with Crippen molar-refractivity contribution in [3.63, 3.8) is 0 Å². The van der Waals surface area contributed by atoms with E-state index in [4.69, 9.17) is 0 Å². The largest absolute Gasteiger partial charge is 0.347 e. The maximum atomic E-state index is 12.5. The van der Waals surface area contributed by atoms with Crippen molar-refractivity contribution in [3.8, 4) is 0 Å². The topological polar surface area (TPSA) is 49.4 Å². The first-order chi connectivity index (χ1) is 12.0. The average molecular weight is 338 g/mol. The minimum atomic E-state index is -0.138. The summed E-state index contributed by atoms with van der Waals surface area (Å²) in [6, 6.07) is 17.8. The second-order valence-corrected chi connectivity index (χ2v) is 6.54. The minimum absolute atomic E-state index is 0.0235. The number of nitrogens with one attached hydrogen (secondary N) is 1. The van der Waals surface area contributed by atoms with Crippen molar-refractivity contribution in [1.29, 1.82) is 0 Å². The molecule has 0 aliphatic heterocycles. The van der Waals surface area contributed by atoms with Crippen LogP contribution in [0.5, 0.6) is 0 Å². The fourth-order valence-corrected chi connectivity index (χ4v) is 2.57. The zero-order valence-electron chi connectivity index (χ0n) is 15.2. The number of benzene rings is 2. The van der Waals surface area contributed by atoms with Crippen LogP contribution in [-0.2, 0) is 22.6 Å². The summed E-state index contributed by atoms with van der Waals surface area (Å²) in [5.41, 5.74) is 3.18. The Bertz CT molecular complexity index is 694. The summed E-state index contributed by atoms with van der Waals surface area (Å²) in [5.74, 6) is -0.211. The number of amides is 2. The quantitative estimate of drug-likeness (QED) is 0.843. The van der Waals surface area contributed by atoms with E-state index in [2.05, 4.69) is 5.32 Å². The molecule has 2 rings (SSSR count). The van der Waals surface area contributed by atoms with Crippen molar-refractivity contribution >= 4 is 11.8 Å². The summed E-state index contributed by atoms with van der Waals surface area (Å²) in [4.78, 5) is 26.4. The number of nitrogens with zero attached hydrogens (tertiary/aromatic N) is 1. The van der Waals surface area contributed by atoms with Crippen molar-refractivity contribution in [3.05, 3.63) is 71.3 Å². The molecule has 0 atom stereocenters. The van der Waals surface area contributed by atoms with E-state index >= 15 is 0 Å². The maximum absolute atomic E-state index is 12.5. The van der Waals surface area contributed by atoms with E-state index in [9.17, 15) is 9.59 Å². The Morgan fingerprint density at radius 3 is 2.20 bits per heavy atom. The van der Waals surface area contributed by atoms with Gasteiger partial charge in [0.05, 0.1) is 13.0 Å². The Kier molecular flexibility index (Phi) is 6.75. The number of hydrogen-bond acceptors (Lipinski definition) is 2. The third-order valence-corrected chi connectivity index (χ3v) is 4.06. The zero-order valence-corrected chi connectivity index (χ0v) is 15.2. The molecular weight excluding hydrogens is 312 g/mol. The van der Waals surface area contributed by atoms with E-state index in [-0.39, 0.29) is 30.8 Å². The summed E-state index contributed by atoms with van der Waals surface area (Å²) in [5, 5.41) is 2.74. The van der Waals surface area contributed by atoms with Gasteiger partial charge in [-0.25, -0.2) is 0 Å². The first-order valence-electron chi connectivity index (χ1n) is 8.61. The summed E-state index contributed by atoms with van der Waals surface area (Å²) in [6.07, 6.45) is 0.286. The molecule has 2 amide bonds. The Balaban J connectivity index is 1.87. The SMILES string of the molecule is Cc1ccc(CC(=O)NCC(=O)N(Cc2ccccc2)C(C)C)cc1. The molecule has 1 N–H and O–H groups in total. The molecule has 0 saturated carbocycles. The van der Waals surface area contributed by atoms with Gasteiger partial charge in [-0.15, -0.1) is 0 Å². The zero-order chi connectivity index (χ0) is 18.2. The molecule has 0 spiro atoms. The highest BCUT2D eigenvalue weighted by Crippen LogP contribution is 2.08. The van der Waals surface area contributed by atoms with Gasteiger partial charge in [-0.1, -0.05) is 60.2 Å². The van der Waals surface area contributed by atoms with Crippen LogP contribution in [0.25, 0.3) is 0 Å². The standard InChI is InChI=1S/C21H26N2O2/c1-16(2)23(15-19-7-5-4-6-8-19)21(25)14-22-20(24)13-18-11-9-17(3)10-12-18/h4-12,16H,13-15H2,1-3H3,(H,22,24). The molecule has 132 valence electrons. The highest BCUT2D eigenvalue weighted by atomic mass is 16.2. The van der Waals surface area contributed by atoms with Crippen LogP contribution in [0.15, 0.2) is 54.6 Å². The van der Waals surface area contributed by atoms with Crippen LogP contribution >= 0.6 is 0 Å². The van der Waals surface area contributed by atoms with Crippen LogP contribution in [0.1, 0.15) is 30.5 Å². The Morgan fingerprint density at radius 2 is 1.60 bits per heavy atom. The monoisotopic (exact) mass is 338 g/mol. The van der Waals surface area contributed by atoms with E-state index in [0.717, 1.165) is 16.7 Å². The first kappa shape index (κ1) is 18.7. The lowest BCUT2D eigenvalue weighted by Crippen LogP contribution is -2.43. The Morgan fingerprint density at radius 1 is 0.960 bits per heavy atom. The van der Waals surface area contributed by atoms with E-state index in [1.807, 2.05) is 75.4 Å². The van der Waals surface area contributed by atoms with Crippen molar-refractivity contribution in [2.45, 2.75) is 39.8 Å². The van der Waals surface area contributed by atoms with Crippen LogP contribution in [0.3, 0.4) is 0 Å². The van der Waals surface area contributed by atoms with Crippen molar-refractivity contribution in [2.75, 3.05) is 6.54 Å². The summed E-state index contributed by atoms with van der Waals surface area (Å²) in [7, 11) is 0. The smallest absolute Gasteiger partial charge is 0.242 e. The van der Waals surface area contributed by atoms with Gasteiger partial charge in [0, 0.05) is 12.6 Å². The molecule has 0 aliphatic rings. The molecule has 0 heterocycles. The maximum Gasteiger partial charge on any atom is 0.242 e. The van der Waals surface area contributed by atoms with Gasteiger partial charge >= 0.3 is 0 Å². The minimum Gasteiger partial charge on any atom is -0.347 e. The number of aryl methyl sites for hydroxylation is 1. The normalized spacial score (nSPS) is 10.6. The highest BCUT2D eigenvalue weighted by Gasteiger charge is 2.18. The molecule has 0 fully saturated rings. The lowest BCUT2D eigenvalue weighted by Gasteiger charge is -2.27. The van der Waals surface area contributed by atoms with Crippen LogP contribution in [0.2, 0.25) is 0 Å². The van der Waals surface area contributed by atoms with Crippen molar-refractivity contribution in [1.82, 2.24) is 10.2 Å². The van der Waals surface area contributed by atoms with E-state index in [1.165, 1.54) is 0 Å². The van der Waals surface area contributed by atoms with Gasteiger partial charge in [-0.05, 0) is 31.9 Å². The molecule has 4 heteroatoms. The van der Waals surface area contributed by atoms with Crippen molar-refractivity contribution in [2.24, 2.45) is 0 Å². The molecule has 2 aromatic carbocycles. The van der Waals surface area contributed by atoms with E-state index in [1.54, 1.807) is 4.90 Å². The second-order valence-electron chi connectivity index (χ2n) is 6.54. The van der Waals surface area contributed by atoms with E-state index in [0.29, 0.717) is 6.54 Å². The van der Waals surface area contributed by atoms with Gasteiger partial charge < -0.3 is 10.2 Å². The van der Waals surface area contributed by atoms with Gasteiger partial charge in [-0.2, -0.15) is 0 Å². The molecule has 0 unspecified atom stereocenters. The molecule has 25 heavy (non-hydrogen) atoms. The van der Waals surface area contributed by atoms with Gasteiger partial charge in [0.2, 0.25) is 11.8 Å². The molecule has 0 saturated heterocycles. The van der Waals surface area contributed by atoms with E-state index < -0.39 is 0 Å². The lowest BCUT2D eigenvalue weighted by atomic mass is 10.1. The van der Waals surface area contributed by atoms with Crippen LogP contribution in [0, 0.1) is 6.92 Å². The third-order valence-electron chi connectivity index (χ3n) is 4.06. The van der Waals surface area contributed by atoms with Gasteiger partial charge in [0.25, 0.3) is 0 Å². The molecule has 2 aromatic rings. The molecule has 4 nitrogen and oxygen atoms in total. The van der Waals surface area contributed by atoms with Crippen LogP contribution in [0.4, 0.5) is 0 Å². The Labute approximate surface area is 149 Å². The first-order valence-corrected chi connectivity index (χ1v) is 8.61. The third kappa shape index (κ3) is 6.07. The molecular formula is C21H26N2O2. The Hall–Kier alpha value is -2.62. The number of carbonyl (C=O) groups is 2. The van der Waals surface area contributed by atoms with Gasteiger partial charge in [-0.3, -0.25) is 9.59 Å². The van der Waals surface area contributed by atoms with Gasteiger partial charge in [0.15, 0.2) is 0 Å². The lowest BCUT2D eigenvalue weighted by molar-refractivity contribution is -0.134. The molecule has 0 aromatic heterocycles. The molecule has 0 radical (unpaired) electrons. The fourth-order valence-electron chi connectivity index (χ4n) is 2.57. The molecule has 0 bridgehead atoms. The van der Waals surface area contributed by atoms with Crippen molar-refractivity contribution < 1.29 is 9.59 Å². The van der Waals surface area contributed by atoms with Crippen LogP contribution in [-0.4, -0.2) is 29.3 Å². The molecule has 0 aliphatic carbocycles. The summed E-state index contributed by atoms with van der Waals surface area (Å²) >= 11 is 0. The average Bonchev–Trinajstić information content (AvgIpc) is 2.60. The number of carbonyl (C=O) groups excluding carboxylic acids is 2. The summed E-state index contributed by atoms with van der Waals surface area (Å²) < 4.78 is 0. The van der Waals surface area contributed by atoms with Crippen LogP contribution < -0.4 is 5.32 Å². The second kappa shape index (κ2) is 9.02. The van der Waals surface area contributed by atoms with Gasteiger partial charge in [0.1, 0.15) is 0 Å². The number of hydrogen-bond donors (Lipinski definition) is 1. The predicted octanol–water partition coefficient (Wildman–Crippen LogP) is 3.09. The summed E-state index contributed by atoms with van der Waals surface area (Å²) in [6.45, 7) is 6.54. The highest BCUT2D eigenvalue weighted by molar-refractivity contribution is 5.85. The predicted molar refractivity (Wildman–Crippen MR) is 100 cm³/mol.